The van der Waals surface area contributed by atoms with Gasteiger partial charge in [-0.2, -0.15) is 0 Å². The van der Waals surface area contributed by atoms with Gasteiger partial charge in [0.1, 0.15) is 23.7 Å². The Bertz CT molecular complexity index is 677. The minimum atomic E-state index is -1.79. The molecule has 0 aromatic rings. The van der Waals surface area contributed by atoms with Gasteiger partial charge in [-0.3, -0.25) is 18.8 Å². The standard InChI is InChI=1S/C21H36FN3O7/c1-7-8-14(25-20(31)32-21(4,5)6)17(27)24-15(11-12(2)3)18(28)23-13(9-10-22)16(26)19(29)30/h12-15H,7-11H2,1-6H3,(H,23,28)(H,24,27)(H,25,31)(H,29,30)/t13?,14-,15?/m0/s1. The summed E-state index contributed by atoms with van der Waals surface area (Å²) in [5.74, 6) is -4.64. The van der Waals surface area contributed by atoms with Gasteiger partial charge in [0.05, 0.1) is 6.67 Å². The summed E-state index contributed by atoms with van der Waals surface area (Å²) in [6.07, 6.45) is -0.278. The monoisotopic (exact) mass is 461 g/mol. The number of ketones is 1. The lowest BCUT2D eigenvalue weighted by Crippen LogP contribution is -2.56. The van der Waals surface area contributed by atoms with E-state index in [-0.39, 0.29) is 18.8 Å². The number of aliphatic carboxylic acids is 1. The van der Waals surface area contributed by atoms with Crippen molar-refractivity contribution in [1.82, 2.24) is 16.0 Å². The van der Waals surface area contributed by atoms with E-state index in [0.717, 1.165) is 0 Å². The number of alkyl halides is 1. The third-order valence-electron chi connectivity index (χ3n) is 4.17. The highest BCUT2D eigenvalue weighted by Crippen LogP contribution is 2.10. The largest absolute Gasteiger partial charge is 0.475 e. The highest BCUT2D eigenvalue weighted by molar-refractivity contribution is 6.35. The molecule has 3 amide bonds. The van der Waals surface area contributed by atoms with Crippen LogP contribution in [0.15, 0.2) is 0 Å². The van der Waals surface area contributed by atoms with Gasteiger partial charge in [-0.25, -0.2) is 9.59 Å². The Morgan fingerprint density at radius 3 is 1.88 bits per heavy atom. The molecule has 11 heteroatoms. The molecular formula is C21H36FN3O7. The van der Waals surface area contributed by atoms with E-state index in [1.165, 1.54) is 0 Å². The van der Waals surface area contributed by atoms with Gasteiger partial charge in [0.15, 0.2) is 0 Å². The van der Waals surface area contributed by atoms with Crippen LogP contribution in [0, 0.1) is 5.92 Å². The Hall–Kier alpha value is -2.72. The van der Waals surface area contributed by atoms with Crippen molar-refractivity contribution in [2.24, 2.45) is 5.92 Å². The topological polar surface area (TPSA) is 151 Å². The van der Waals surface area contributed by atoms with Crippen molar-refractivity contribution in [3.63, 3.8) is 0 Å². The number of ether oxygens (including phenoxy) is 1. The predicted molar refractivity (Wildman–Crippen MR) is 115 cm³/mol. The molecule has 10 nitrogen and oxygen atoms in total. The second-order valence-electron chi connectivity index (χ2n) is 8.89. The first-order valence-electron chi connectivity index (χ1n) is 10.6. The molecule has 2 unspecified atom stereocenters. The van der Waals surface area contributed by atoms with Crippen molar-refractivity contribution in [2.75, 3.05) is 6.67 Å². The van der Waals surface area contributed by atoms with Crippen molar-refractivity contribution in [2.45, 2.75) is 91.0 Å². The van der Waals surface area contributed by atoms with E-state index in [0.29, 0.717) is 6.42 Å². The second kappa shape index (κ2) is 13.6. The van der Waals surface area contributed by atoms with E-state index >= 15 is 0 Å². The molecule has 4 N–H and O–H groups in total. The van der Waals surface area contributed by atoms with Crippen molar-refractivity contribution in [3.8, 4) is 0 Å². The fourth-order valence-corrected chi connectivity index (χ4v) is 2.78. The van der Waals surface area contributed by atoms with Crippen LogP contribution in [0.25, 0.3) is 0 Å². The zero-order valence-corrected chi connectivity index (χ0v) is 19.6. The minimum absolute atomic E-state index is 0.0516. The van der Waals surface area contributed by atoms with E-state index in [1.807, 2.05) is 6.92 Å². The molecule has 0 aromatic carbocycles. The summed E-state index contributed by atoms with van der Waals surface area (Å²) < 4.78 is 17.9. The van der Waals surface area contributed by atoms with Crippen LogP contribution in [-0.2, 0) is 23.9 Å². The Labute approximate surface area is 188 Å². The molecule has 0 fully saturated rings. The fourth-order valence-electron chi connectivity index (χ4n) is 2.78. The summed E-state index contributed by atoms with van der Waals surface area (Å²) in [6, 6.07) is -3.64. The maximum Gasteiger partial charge on any atom is 0.408 e. The molecule has 0 aliphatic rings. The summed E-state index contributed by atoms with van der Waals surface area (Å²) in [7, 11) is 0. The average Bonchev–Trinajstić information content (AvgIpc) is 2.64. The lowest BCUT2D eigenvalue weighted by Gasteiger charge is -2.26. The molecule has 0 aliphatic heterocycles. The number of hydrogen-bond acceptors (Lipinski definition) is 6. The summed E-state index contributed by atoms with van der Waals surface area (Å²) >= 11 is 0. The van der Waals surface area contributed by atoms with Crippen molar-refractivity contribution >= 4 is 29.7 Å². The molecule has 0 spiro atoms. The Kier molecular flexibility index (Phi) is 12.5. The average molecular weight is 462 g/mol. The van der Waals surface area contributed by atoms with Crippen LogP contribution in [0.3, 0.4) is 0 Å². The first-order valence-corrected chi connectivity index (χ1v) is 10.6. The molecule has 0 rings (SSSR count). The van der Waals surface area contributed by atoms with E-state index in [2.05, 4.69) is 16.0 Å². The first kappa shape index (κ1) is 29.3. The molecule has 0 heterocycles. The van der Waals surface area contributed by atoms with Gasteiger partial charge >= 0.3 is 12.1 Å². The first-order chi connectivity index (χ1) is 14.7. The minimum Gasteiger partial charge on any atom is -0.475 e. The molecule has 32 heavy (non-hydrogen) atoms. The lowest BCUT2D eigenvalue weighted by molar-refractivity contribution is -0.150. The third-order valence-corrected chi connectivity index (χ3v) is 4.17. The SMILES string of the molecule is CCC[C@H](NC(=O)OC(C)(C)C)C(=O)NC(CC(C)C)C(=O)NC(CCF)C(=O)C(=O)O. The molecule has 0 saturated carbocycles. The number of halogens is 1. The summed E-state index contributed by atoms with van der Waals surface area (Å²) in [4.78, 5) is 60.3. The van der Waals surface area contributed by atoms with Crippen molar-refractivity contribution < 1.29 is 38.2 Å². The van der Waals surface area contributed by atoms with Crippen LogP contribution in [0.2, 0.25) is 0 Å². The summed E-state index contributed by atoms with van der Waals surface area (Å²) in [5, 5.41) is 16.1. The van der Waals surface area contributed by atoms with Gasteiger partial charge in [0.2, 0.25) is 11.8 Å². The van der Waals surface area contributed by atoms with E-state index in [1.54, 1.807) is 34.6 Å². The van der Waals surface area contributed by atoms with Gasteiger partial charge in [-0.1, -0.05) is 27.2 Å². The zero-order chi connectivity index (χ0) is 25.1. The van der Waals surface area contributed by atoms with Gasteiger partial charge in [0, 0.05) is 6.42 Å². The number of carboxylic acid groups (broad SMARTS) is 1. The fraction of sp³-hybridized carbons (Fsp3) is 0.762. The lowest BCUT2D eigenvalue weighted by atomic mass is 10.0. The van der Waals surface area contributed by atoms with Crippen LogP contribution in [-0.4, -0.2) is 65.2 Å². The summed E-state index contributed by atoms with van der Waals surface area (Å²) in [6.45, 7) is 9.44. The second-order valence-corrected chi connectivity index (χ2v) is 8.89. The maximum absolute atomic E-state index is 12.8. The van der Waals surface area contributed by atoms with Crippen LogP contribution in [0.5, 0.6) is 0 Å². The van der Waals surface area contributed by atoms with Gasteiger partial charge < -0.3 is 25.8 Å². The quantitative estimate of drug-likeness (QED) is 0.305. The van der Waals surface area contributed by atoms with E-state index in [4.69, 9.17) is 9.84 Å². The van der Waals surface area contributed by atoms with Crippen molar-refractivity contribution in [3.05, 3.63) is 0 Å². The number of nitrogens with one attached hydrogen (secondary N) is 3. The number of amides is 3. The molecule has 0 radical (unpaired) electrons. The normalized spacial score (nSPS) is 14.1. The van der Waals surface area contributed by atoms with E-state index in [9.17, 15) is 28.4 Å². The number of carbonyl (C=O) groups is 5. The molecule has 3 atom stereocenters. The molecule has 0 aliphatic carbocycles. The van der Waals surface area contributed by atoms with Crippen LogP contribution in [0.4, 0.5) is 9.18 Å². The maximum atomic E-state index is 12.8. The highest BCUT2D eigenvalue weighted by atomic mass is 19.1. The molecule has 184 valence electrons. The number of hydrogen-bond donors (Lipinski definition) is 4. The molecule has 0 bridgehead atoms. The van der Waals surface area contributed by atoms with Crippen LogP contribution < -0.4 is 16.0 Å². The number of alkyl carbamates (subject to hydrolysis) is 1. The van der Waals surface area contributed by atoms with Crippen molar-refractivity contribution in [1.29, 1.82) is 0 Å². The molecule has 0 saturated heterocycles. The van der Waals surface area contributed by atoms with Crippen LogP contribution in [0.1, 0.15) is 67.2 Å². The van der Waals surface area contributed by atoms with Gasteiger partial charge in [0.25, 0.3) is 5.78 Å². The van der Waals surface area contributed by atoms with Gasteiger partial charge in [-0.05, 0) is 39.5 Å². The number of rotatable bonds is 13. The Morgan fingerprint density at radius 2 is 1.44 bits per heavy atom. The number of carbonyl (C=O) groups excluding carboxylic acids is 4. The van der Waals surface area contributed by atoms with E-state index < -0.39 is 66.5 Å². The number of Topliss-reactive ketones (excluding diaryl/α,β-unsaturated/α-hetero) is 1. The van der Waals surface area contributed by atoms with Crippen LogP contribution >= 0.6 is 0 Å². The highest BCUT2D eigenvalue weighted by Gasteiger charge is 2.32. The zero-order valence-electron chi connectivity index (χ0n) is 19.6. The number of carboxylic acids is 1. The third kappa shape index (κ3) is 11.6. The Balaban J connectivity index is 5.44. The summed E-state index contributed by atoms with van der Waals surface area (Å²) in [5.41, 5.74) is -0.764. The van der Waals surface area contributed by atoms with Gasteiger partial charge in [-0.15, -0.1) is 0 Å². The smallest absolute Gasteiger partial charge is 0.408 e. The molecular weight excluding hydrogens is 425 g/mol. The Morgan fingerprint density at radius 1 is 0.906 bits per heavy atom. The predicted octanol–water partition coefficient (Wildman–Crippen LogP) is 1.71. The molecule has 0 aromatic heterocycles.